The predicted octanol–water partition coefficient (Wildman–Crippen LogP) is 2.40. The van der Waals surface area contributed by atoms with Crippen molar-refractivity contribution in [2.75, 3.05) is 5.32 Å². The molecule has 0 fully saturated rings. The Morgan fingerprint density at radius 3 is 2.50 bits per heavy atom. The molecule has 0 bridgehead atoms. The minimum Gasteiger partial charge on any atom is -0.477 e. The Balaban J connectivity index is 0.000000221. The van der Waals surface area contributed by atoms with Crippen molar-refractivity contribution in [3.05, 3.63) is 33.7 Å². The van der Waals surface area contributed by atoms with Crippen LogP contribution in [0.3, 0.4) is 0 Å². The largest absolute Gasteiger partial charge is 0.477 e. The molecule has 7 N–H and O–H groups in total. The Morgan fingerprint density at radius 1 is 1.36 bits per heavy atom. The number of carboxylic acids is 1. The number of aryl methyl sites for hydroxylation is 1. The van der Waals surface area contributed by atoms with E-state index in [-0.39, 0.29) is 5.69 Å². The number of carbonyl (C=O) groups is 2. The third-order valence-electron chi connectivity index (χ3n) is 4.04. The number of carbonyl (C=O) groups excluding carboxylic acids is 1. The highest BCUT2D eigenvalue weighted by Gasteiger charge is 2.24. The summed E-state index contributed by atoms with van der Waals surface area (Å²) in [6.07, 6.45) is 4.11. The van der Waals surface area contributed by atoms with Crippen molar-refractivity contribution in [1.82, 2.24) is 9.97 Å². The van der Waals surface area contributed by atoms with E-state index in [2.05, 4.69) is 15.3 Å². The summed E-state index contributed by atoms with van der Waals surface area (Å²) in [5.41, 5.74) is 6.85. The second kappa shape index (κ2) is 8.86. The van der Waals surface area contributed by atoms with Crippen LogP contribution in [0, 0.1) is 6.92 Å². The number of aliphatic hydroxyl groups is 1. The fourth-order valence-electron chi connectivity index (χ4n) is 2.78. The van der Waals surface area contributed by atoms with E-state index in [0.29, 0.717) is 16.3 Å². The molecule has 0 unspecified atom stereocenters. The third kappa shape index (κ3) is 5.19. The molecule has 152 valence electrons. The van der Waals surface area contributed by atoms with Gasteiger partial charge in [-0.1, -0.05) is 0 Å². The number of primary amides is 1. The highest BCUT2D eigenvalue weighted by Crippen LogP contribution is 2.32. The number of urea groups is 1. The van der Waals surface area contributed by atoms with E-state index in [1.165, 1.54) is 11.3 Å². The maximum atomic E-state index is 11.1. The summed E-state index contributed by atoms with van der Waals surface area (Å²) >= 11 is 2.57. The summed E-state index contributed by atoms with van der Waals surface area (Å²) in [5.74, 6) is -1.09. The fourth-order valence-corrected chi connectivity index (χ4v) is 3.98. The van der Waals surface area contributed by atoms with Crippen LogP contribution in [0.25, 0.3) is 0 Å². The van der Waals surface area contributed by atoms with E-state index >= 15 is 0 Å². The van der Waals surface area contributed by atoms with Crippen LogP contribution < -0.4 is 16.2 Å². The Kier molecular flexibility index (Phi) is 6.99. The molecule has 0 radical (unpaired) electrons. The first-order valence-electron chi connectivity index (χ1n) is 8.42. The number of aromatic carboxylic acids is 1. The predicted molar refractivity (Wildman–Crippen MR) is 109 cm³/mol. The van der Waals surface area contributed by atoms with Gasteiger partial charge >= 0.3 is 12.0 Å². The van der Waals surface area contributed by atoms with Crippen LogP contribution in [0.5, 0.6) is 0 Å². The van der Waals surface area contributed by atoms with Gasteiger partial charge in [-0.15, -0.1) is 11.3 Å². The standard InChI is InChI=1S/C11H13N3O3.C6H10N2OS2/c1-5-8(14-11(12)17)6-3-2-4-7(6)13-9(5)10(15)16;1-6(2,9)5-8-3-4(10-5)11-7/h2-4H2,1H3,(H,15,16)(H3,12,13,14,17);3,9H,7H2,1-2H3. The molecule has 3 rings (SSSR count). The molecule has 1 aliphatic carbocycles. The molecule has 2 amide bonds. The number of thiazole rings is 1. The number of nitrogens with zero attached hydrogens (tertiary/aromatic N) is 2. The van der Waals surface area contributed by atoms with Crippen molar-refractivity contribution in [1.29, 1.82) is 0 Å². The Hall–Kier alpha value is -2.21. The second-order valence-corrected chi connectivity index (χ2v) is 8.66. The van der Waals surface area contributed by atoms with E-state index in [0.717, 1.165) is 46.7 Å². The molecule has 0 atom stereocenters. The van der Waals surface area contributed by atoms with Gasteiger partial charge in [0.15, 0.2) is 5.69 Å². The molecule has 0 saturated heterocycles. The van der Waals surface area contributed by atoms with Crippen molar-refractivity contribution in [3.8, 4) is 0 Å². The molecule has 0 spiro atoms. The van der Waals surface area contributed by atoms with Gasteiger partial charge < -0.3 is 21.3 Å². The zero-order chi connectivity index (χ0) is 21.1. The van der Waals surface area contributed by atoms with Gasteiger partial charge in [-0.2, -0.15) is 0 Å². The molecule has 2 heterocycles. The highest BCUT2D eigenvalue weighted by molar-refractivity contribution is 7.99. The number of anilines is 1. The molecule has 0 aromatic carbocycles. The smallest absolute Gasteiger partial charge is 0.354 e. The monoisotopic (exact) mass is 425 g/mol. The lowest BCUT2D eigenvalue weighted by molar-refractivity contribution is 0.0688. The summed E-state index contributed by atoms with van der Waals surface area (Å²) in [4.78, 5) is 30.2. The van der Waals surface area contributed by atoms with Crippen LogP contribution in [0.15, 0.2) is 10.4 Å². The van der Waals surface area contributed by atoms with Gasteiger partial charge in [-0.3, -0.25) is 5.14 Å². The fraction of sp³-hybridized carbons (Fsp3) is 0.412. The van der Waals surface area contributed by atoms with E-state index in [4.69, 9.17) is 16.0 Å². The number of carboxylic acid groups (broad SMARTS) is 1. The van der Waals surface area contributed by atoms with Crippen LogP contribution in [0.4, 0.5) is 10.5 Å². The van der Waals surface area contributed by atoms with Crippen molar-refractivity contribution in [3.63, 3.8) is 0 Å². The SMILES string of the molecule is CC(C)(O)c1ncc(SN)s1.Cc1c(C(=O)O)nc2c(c1NC(N)=O)CCC2. The molecule has 9 nitrogen and oxygen atoms in total. The molecule has 11 heteroatoms. The number of rotatable bonds is 4. The average molecular weight is 426 g/mol. The first kappa shape index (κ1) is 22.1. The first-order chi connectivity index (χ1) is 13.0. The Bertz CT molecular complexity index is 892. The van der Waals surface area contributed by atoms with Crippen LogP contribution in [0.2, 0.25) is 0 Å². The van der Waals surface area contributed by atoms with E-state index < -0.39 is 17.6 Å². The van der Waals surface area contributed by atoms with Crippen molar-refractivity contribution < 1.29 is 19.8 Å². The molecular weight excluding hydrogens is 402 g/mol. The molecule has 0 aliphatic heterocycles. The van der Waals surface area contributed by atoms with Gasteiger partial charge in [0.25, 0.3) is 0 Å². The van der Waals surface area contributed by atoms with Gasteiger partial charge in [0, 0.05) is 11.3 Å². The lowest BCUT2D eigenvalue weighted by atomic mass is 10.1. The first-order valence-corrected chi connectivity index (χ1v) is 10.1. The maximum absolute atomic E-state index is 11.1. The van der Waals surface area contributed by atoms with Gasteiger partial charge in [0.1, 0.15) is 10.6 Å². The summed E-state index contributed by atoms with van der Waals surface area (Å²) < 4.78 is 0.919. The number of hydrogen-bond donors (Lipinski definition) is 5. The Labute approximate surface area is 170 Å². The lowest BCUT2D eigenvalue weighted by Crippen LogP contribution is -2.22. The van der Waals surface area contributed by atoms with Crippen LogP contribution >= 0.6 is 23.3 Å². The Morgan fingerprint density at radius 2 is 2.04 bits per heavy atom. The number of hydrogen-bond acceptors (Lipinski definition) is 8. The van der Waals surface area contributed by atoms with Crippen LogP contribution in [-0.2, 0) is 18.4 Å². The number of nitrogens with two attached hydrogens (primary N) is 2. The zero-order valence-corrected chi connectivity index (χ0v) is 17.4. The second-order valence-electron chi connectivity index (χ2n) is 6.69. The minimum absolute atomic E-state index is 0.0191. The maximum Gasteiger partial charge on any atom is 0.354 e. The minimum atomic E-state index is -1.09. The highest BCUT2D eigenvalue weighted by atomic mass is 32.2. The molecular formula is C17H23N5O4S2. The number of aromatic nitrogens is 2. The number of pyridine rings is 1. The lowest BCUT2D eigenvalue weighted by Gasteiger charge is -2.13. The molecule has 2 aromatic rings. The van der Waals surface area contributed by atoms with E-state index in [1.807, 2.05) is 0 Å². The number of fused-ring (bicyclic) bond motifs is 1. The van der Waals surface area contributed by atoms with Crippen LogP contribution in [-0.4, -0.2) is 32.2 Å². The summed E-state index contributed by atoms with van der Waals surface area (Å²) in [5, 5.41) is 27.1. The number of amides is 2. The van der Waals surface area contributed by atoms with Crippen molar-refractivity contribution >= 4 is 41.0 Å². The number of nitrogens with one attached hydrogen (secondary N) is 1. The third-order valence-corrected chi connectivity index (χ3v) is 6.02. The zero-order valence-electron chi connectivity index (χ0n) is 15.8. The average Bonchev–Trinajstić information content (AvgIpc) is 3.25. The van der Waals surface area contributed by atoms with E-state index in [1.54, 1.807) is 27.0 Å². The van der Waals surface area contributed by atoms with Crippen molar-refractivity contribution in [2.24, 2.45) is 10.9 Å². The van der Waals surface area contributed by atoms with Gasteiger partial charge in [-0.05, 0) is 57.5 Å². The van der Waals surface area contributed by atoms with E-state index in [9.17, 15) is 14.7 Å². The normalized spacial score (nSPS) is 12.8. The molecule has 28 heavy (non-hydrogen) atoms. The summed E-state index contributed by atoms with van der Waals surface area (Å²) in [7, 11) is 0. The van der Waals surface area contributed by atoms with Crippen LogP contribution in [0.1, 0.15) is 52.6 Å². The molecule has 0 saturated carbocycles. The van der Waals surface area contributed by atoms with Gasteiger partial charge in [0.05, 0.1) is 16.1 Å². The topological polar surface area (TPSA) is 164 Å². The van der Waals surface area contributed by atoms with Gasteiger partial charge in [0.2, 0.25) is 0 Å². The van der Waals surface area contributed by atoms with Gasteiger partial charge in [-0.25, -0.2) is 19.6 Å². The molecule has 2 aromatic heterocycles. The molecule has 1 aliphatic rings. The summed E-state index contributed by atoms with van der Waals surface area (Å²) in [6, 6.07) is -0.690. The van der Waals surface area contributed by atoms with Crippen molar-refractivity contribution in [2.45, 2.75) is 49.8 Å². The quantitative estimate of drug-likeness (QED) is 0.466. The summed E-state index contributed by atoms with van der Waals surface area (Å²) in [6.45, 7) is 5.04.